The van der Waals surface area contributed by atoms with Gasteiger partial charge in [0.25, 0.3) is 0 Å². The van der Waals surface area contributed by atoms with Crippen LogP contribution in [0, 0.1) is 25.2 Å². The van der Waals surface area contributed by atoms with Gasteiger partial charge in [0.05, 0.1) is 0 Å². The monoisotopic (exact) mass is 496 g/mol. The highest BCUT2D eigenvalue weighted by Gasteiger charge is 2.31. The Hall–Kier alpha value is -2.34. The molecular formula is C37H52. The molecule has 0 nitrogen and oxygen atoms in total. The Kier molecular flexibility index (Phi) is 9.85. The number of aryl methyl sites for hydroxylation is 4. The third-order valence-electron chi connectivity index (χ3n) is 9.16. The van der Waals surface area contributed by atoms with Crippen molar-refractivity contribution < 1.29 is 0 Å². The van der Waals surface area contributed by atoms with Gasteiger partial charge < -0.3 is 0 Å². The molecule has 0 aliphatic rings. The maximum Gasteiger partial charge on any atom is 0.0197 e. The summed E-state index contributed by atoms with van der Waals surface area (Å²) in [5, 5.41) is 0. The standard InChI is InChI=1S/C37H52/c1-10-14-29-15-17-31(18-16-29)35-24-23-34(26-28(35)6)37(12-3,13-4)33-22-20-30(27(5)25-33)19-21-32(11-2)36(7,8)9/h15-18,20,22-26,32H,10-14,19,21H2,1-9H3. The quantitative estimate of drug-likeness (QED) is 0.247. The second kappa shape index (κ2) is 12.5. The minimum Gasteiger partial charge on any atom is -0.0651 e. The fraction of sp³-hybridized carbons (Fsp3) is 0.514. The second-order valence-corrected chi connectivity index (χ2v) is 12.4. The summed E-state index contributed by atoms with van der Waals surface area (Å²) in [5.74, 6) is 0.765. The Morgan fingerprint density at radius 2 is 1.27 bits per heavy atom. The SMILES string of the molecule is CCCc1ccc(-c2ccc(C(CC)(CC)c3ccc(CCC(CC)C(C)(C)C)c(C)c3)cc2C)cc1. The highest BCUT2D eigenvalue weighted by atomic mass is 14.3. The molecule has 0 spiro atoms. The van der Waals surface area contributed by atoms with Gasteiger partial charge in [0.15, 0.2) is 0 Å². The van der Waals surface area contributed by atoms with E-state index in [4.69, 9.17) is 0 Å². The third-order valence-corrected chi connectivity index (χ3v) is 9.16. The largest absolute Gasteiger partial charge is 0.0651 e. The smallest absolute Gasteiger partial charge is 0.0197 e. The van der Waals surface area contributed by atoms with Gasteiger partial charge in [-0.3, -0.25) is 0 Å². The van der Waals surface area contributed by atoms with Crippen molar-refractivity contribution in [2.45, 2.75) is 113 Å². The minimum atomic E-state index is 0.0505. The molecule has 0 saturated heterocycles. The minimum absolute atomic E-state index is 0.0505. The van der Waals surface area contributed by atoms with E-state index in [1.54, 1.807) is 0 Å². The van der Waals surface area contributed by atoms with Crippen molar-refractivity contribution in [1.29, 1.82) is 0 Å². The Labute approximate surface area is 228 Å². The number of hydrogen-bond acceptors (Lipinski definition) is 0. The van der Waals surface area contributed by atoms with Gasteiger partial charge in [-0.2, -0.15) is 0 Å². The van der Waals surface area contributed by atoms with Crippen molar-refractivity contribution in [2.75, 3.05) is 0 Å². The molecule has 0 aromatic heterocycles. The molecule has 0 N–H and O–H groups in total. The lowest BCUT2D eigenvalue weighted by atomic mass is 9.69. The summed E-state index contributed by atoms with van der Waals surface area (Å²) in [5.41, 5.74) is 11.8. The molecule has 0 saturated carbocycles. The fourth-order valence-electron chi connectivity index (χ4n) is 6.51. The van der Waals surface area contributed by atoms with Gasteiger partial charge >= 0.3 is 0 Å². The Morgan fingerprint density at radius 3 is 1.76 bits per heavy atom. The van der Waals surface area contributed by atoms with Crippen LogP contribution < -0.4 is 0 Å². The van der Waals surface area contributed by atoms with Gasteiger partial charge in [-0.05, 0) is 102 Å². The van der Waals surface area contributed by atoms with Crippen molar-refractivity contribution in [2.24, 2.45) is 11.3 Å². The maximum absolute atomic E-state index is 2.50. The number of benzene rings is 3. The van der Waals surface area contributed by atoms with E-state index in [1.165, 1.54) is 70.2 Å². The maximum atomic E-state index is 2.50. The third kappa shape index (κ3) is 6.57. The molecule has 1 unspecified atom stereocenters. The van der Waals surface area contributed by atoms with E-state index in [1.807, 2.05) is 0 Å². The first-order valence-electron chi connectivity index (χ1n) is 14.9. The van der Waals surface area contributed by atoms with Gasteiger partial charge in [-0.25, -0.2) is 0 Å². The molecule has 0 aliphatic carbocycles. The average molecular weight is 497 g/mol. The van der Waals surface area contributed by atoms with E-state index < -0.39 is 0 Å². The molecule has 0 aliphatic heterocycles. The highest BCUT2D eigenvalue weighted by molar-refractivity contribution is 5.68. The van der Waals surface area contributed by atoms with Gasteiger partial charge in [-0.1, -0.05) is 122 Å². The summed E-state index contributed by atoms with van der Waals surface area (Å²) in [6.07, 6.45) is 8.27. The summed E-state index contributed by atoms with van der Waals surface area (Å²) in [6, 6.07) is 23.8. The zero-order chi connectivity index (χ0) is 27.2. The Balaban J connectivity index is 1.90. The average Bonchev–Trinajstić information content (AvgIpc) is 2.87. The van der Waals surface area contributed by atoms with Gasteiger partial charge in [0.1, 0.15) is 0 Å². The molecule has 0 bridgehead atoms. The number of hydrogen-bond donors (Lipinski definition) is 0. The van der Waals surface area contributed by atoms with Gasteiger partial charge in [0.2, 0.25) is 0 Å². The summed E-state index contributed by atoms with van der Waals surface area (Å²) in [6.45, 7) is 21.1. The molecule has 200 valence electrons. The predicted octanol–water partition coefficient (Wildman–Crippen LogP) is 11.0. The summed E-state index contributed by atoms with van der Waals surface area (Å²) in [4.78, 5) is 0. The van der Waals surface area contributed by atoms with E-state index in [9.17, 15) is 0 Å². The molecule has 0 radical (unpaired) electrons. The van der Waals surface area contributed by atoms with Crippen molar-refractivity contribution in [3.8, 4) is 11.1 Å². The molecule has 3 aromatic carbocycles. The van der Waals surface area contributed by atoms with Crippen molar-refractivity contribution in [3.05, 3.63) is 94.0 Å². The lowest BCUT2D eigenvalue weighted by Crippen LogP contribution is -2.26. The summed E-state index contributed by atoms with van der Waals surface area (Å²) >= 11 is 0. The van der Waals surface area contributed by atoms with Gasteiger partial charge in [0, 0.05) is 5.41 Å². The number of rotatable bonds is 11. The first-order valence-corrected chi connectivity index (χ1v) is 14.9. The zero-order valence-electron chi connectivity index (χ0n) is 25.3. The summed E-state index contributed by atoms with van der Waals surface area (Å²) < 4.78 is 0. The van der Waals surface area contributed by atoms with Crippen LogP contribution in [0.1, 0.15) is 114 Å². The predicted molar refractivity (Wildman–Crippen MR) is 165 cm³/mol. The van der Waals surface area contributed by atoms with Crippen LogP contribution in [0.5, 0.6) is 0 Å². The van der Waals surface area contributed by atoms with E-state index in [0.29, 0.717) is 5.41 Å². The first kappa shape index (κ1) is 29.2. The topological polar surface area (TPSA) is 0 Å². The molecule has 37 heavy (non-hydrogen) atoms. The van der Waals surface area contributed by atoms with Crippen LogP contribution in [0.3, 0.4) is 0 Å². The Morgan fingerprint density at radius 1 is 0.676 bits per heavy atom. The molecule has 0 fully saturated rings. The van der Waals surface area contributed by atoms with E-state index in [-0.39, 0.29) is 5.41 Å². The van der Waals surface area contributed by atoms with Crippen molar-refractivity contribution in [1.82, 2.24) is 0 Å². The van der Waals surface area contributed by atoms with Gasteiger partial charge in [-0.15, -0.1) is 0 Å². The molecule has 0 amide bonds. The first-order chi connectivity index (χ1) is 17.6. The van der Waals surface area contributed by atoms with Crippen molar-refractivity contribution in [3.63, 3.8) is 0 Å². The van der Waals surface area contributed by atoms with Crippen LogP contribution in [0.25, 0.3) is 11.1 Å². The van der Waals surface area contributed by atoms with E-state index in [2.05, 4.69) is 123 Å². The molecule has 0 heterocycles. The Bertz CT molecular complexity index is 1140. The highest BCUT2D eigenvalue weighted by Crippen LogP contribution is 2.41. The molecule has 1 atom stereocenters. The lowest BCUT2D eigenvalue weighted by Gasteiger charge is -2.34. The fourth-order valence-corrected chi connectivity index (χ4v) is 6.51. The van der Waals surface area contributed by atoms with Crippen LogP contribution in [0.15, 0.2) is 60.7 Å². The van der Waals surface area contributed by atoms with Crippen LogP contribution >= 0.6 is 0 Å². The second-order valence-electron chi connectivity index (χ2n) is 12.4. The van der Waals surface area contributed by atoms with Crippen LogP contribution in [-0.4, -0.2) is 0 Å². The van der Waals surface area contributed by atoms with Crippen LogP contribution in [0.4, 0.5) is 0 Å². The molecular weight excluding hydrogens is 444 g/mol. The zero-order valence-corrected chi connectivity index (χ0v) is 25.3. The van der Waals surface area contributed by atoms with Crippen LogP contribution in [0.2, 0.25) is 0 Å². The van der Waals surface area contributed by atoms with Crippen molar-refractivity contribution >= 4 is 0 Å². The van der Waals surface area contributed by atoms with Crippen LogP contribution in [-0.2, 0) is 18.3 Å². The van der Waals surface area contributed by atoms with E-state index >= 15 is 0 Å². The molecule has 0 heteroatoms. The lowest BCUT2D eigenvalue weighted by molar-refractivity contribution is 0.219. The normalized spacial score (nSPS) is 13.1. The molecule has 3 aromatic rings. The molecule has 3 rings (SSSR count). The summed E-state index contributed by atoms with van der Waals surface area (Å²) in [7, 11) is 0. The van der Waals surface area contributed by atoms with E-state index in [0.717, 1.165) is 25.2 Å².